The molecule has 0 radical (unpaired) electrons. The summed E-state index contributed by atoms with van der Waals surface area (Å²) in [6.45, 7) is 2.57. The topological polar surface area (TPSA) is 38.9 Å². The number of rotatable bonds is 2. The summed E-state index contributed by atoms with van der Waals surface area (Å²) in [6.07, 6.45) is 1.18. The van der Waals surface area contributed by atoms with Crippen LogP contribution in [-0.4, -0.2) is 4.98 Å². The van der Waals surface area contributed by atoms with Crippen molar-refractivity contribution in [2.75, 3.05) is 0 Å². The minimum atomic E-state index is -2.80. The molecular formula is C7H10F2N2S. The lowest BCUT2D eigenvalue weighted by atomic mass is 10.3. The molecule has 1 unspecified atom stereocenters. The molecule has 0 bridgehead atoms. The van der Waals surface area contributed by atoms with Gasteiger partial charge in [0.1, 0.15) is 5.01 Å². The van der Waals surface area contributed by atoms with Crippen LogP contribution in [0.1, 0.15) is 29.8 Å². The van der Waals surface area contributed by atoms with E-state index < -0.39 is 5.92 Å². The molecule has 68 valence electrons. The zero-order valence-corrected chi connectivity index (χ0v) is 7.66. The van der Waals surface area contributed by atoms with Gasteiger partial charge in [0.25, 0.3) is 5.92 Å². The molecule has 0 saturated heterocycles. The van der Waals surface area contributed by atoms with E-state index in [4.69, 9.17) is 5.73 Å². The van der Waals surface area contributed by atoms with Crippen LogP contribution >= 0.6 is 11.3 Å². The van der Waals surface area contributed by atoms with E-state index in [1.165, 1.54) is 6.20 Å². The summed E-state index contributed by atoms with van der Waals surface area (Å²) in [5, 5.41) is 0.548. The van der Waals surface area contributed by atoms with Gasteiger partial charge in [-0.25, -0.2) is 13.8 Å². The fourth-order valence-electron chi connectivity index (χ4n) is 0.701. The smallest absolute Gasteiger partial charge is 0.281 e. The number of aromatic nitrogens is 1. The summed E-state index contributed by atoms with van der Waals surface area (Å²) in [7, 11) is 0. The van der Waals surface area contributed by atoms with Crippen LogP contribution in [-0.2, 0) is 5.92 Å². The van der Waals surface area contributed by atoms with Gasteiger partial charge in [0.15, 0.2) is 0 Å². The van der Waals surface area contributed by atoms with E-state index in [2.05, 4.69) is 4.98 Å². The molecular weight excluding hydrogens is 182 g/mol. The summed E-state index contributed by atoms with van der Waals surface area (Å²) < 4.78 is 25.3. The highest BCUT2D eigenvalue weighted by Gasteiger charge is 2.27. The Balaban J connectivity index is 2.92. The molecule has 1 aromatic rings. The lowest BCUT2D eigenvalue weighted by Crippen LogP contribution is -2.04. The van der Waals surface area contributed by atoms with Crippen molar-refractivity contribution in [1.29, 1.82) is 0 Å². The molecule has 0 fully saturated rings. The normalized spacial score (nSPS) is 14.8. The molecule has 2 nitrogen and oxygen atoms in total. The average Bonchev–Trinajstić information content (AvgIpc) is 2.30. The molecule has 0 aliphatic rings. The number of hydrogen-bond donors (Lipinski definition) is 1. The molecule has 0 spiro atoms. The highest BCUT2D eigenvalue weighted by Crippen LogP contribution is 2.32. The Morgan fingerprint density at radius 1 is 1.67 bits per heavy atom. The molecule has 1 atom stereocenters. The molecule has 0 aromatic carbocycles. The number of hydrogen-bond acceptors (Lipinski definition) is 3. The molecule has 12 heavy (non-hydrogen) atoms. The summed E-state index contributed by atoms with van der Waals surface area (Å²) in [4.78, 5) is 3.76. The minimum Gasteiger partial charge on any atom is -0.322 e. The average molecular weight is 192 g/mol. The van der Waals surface area contributed by atoms with E-state index in [-0.39, 0.29) is 10.9 Å². The predicted octanol–water partition coefficient (Wildman–Crippen LogP) is 2.27. The zero-order valence-electron chi connectivity index (χ0n) is 6.84. The van der Waals surface area contributed by atoms with Crippen molar-refractivity contribution in [1.82, 2.24) is 4.98 Å². The van der Waals surface area contributed by atoms with Crippen LogP contribution < -0.4 is 5.73 Å². The Morgan fingerprint density at radius 3 is 2.50 bits per heavy atom. The van der Waals surface area contributed by atoms with Crippen molar-refractivity contribution in [2.24, 2.45) is 5.73 Å². The maximum absolute atomic E-state index is 12.7. The first-order valence-corrected chi connectivity index (χ1v) is 4.32. The van der Waals surface area contributed by atoms with Crippen LogP contribution in [0.2, 0.25) is 0 Å². The van der Waals surface area contributed by atoms with E-state index in [1.54, 1.807) is 6.92 Å². The van der Waals surface area contributed by atoms with Crippen LogP contribution in [0.5, 0.6) is 0 Å². The van der Waals surface area contributed by atoms with Gasteiger partial charge in [-0.3, -0.25) is 0 Å². The first-order chi connectivity index (χ1) is 5.41. The Bertz CT molecular complexity index is 265. The number of thiazole rings is 1. The summed E-state index contributed by atoms with van der Waals surface area (Å²) in [6, 6.07) is -0.272. The molecule has 1 rings (SSSR count). The Kier molecular flexibility index (Phi) is 2.44. The molecule has 2 N–H and O–H groups in total. The number of nitrogens with two attached hydrogens (primary N) is 1. The third kappa shape index (κ3) is 1.98. The summed E-state index contributed by atoms with van der Waals surface area (Å²) >= 11 is 0.962. The molecule has 0 aliphatic heterocycles. The van der Waals surface area contributed by atoms with Crippen molar-refractivity contribution >= 4 is 11.3 Å². The van der Waals surface area contributed by atoms with Gasteiger partial charge in [-0.1, -0.05) is 0 Å². The number of alkyl halides is 2. The van der Waals surface area contributed by atoms with Gasteiger partial charge in [0.2, 0.25) is 0 Å². The van der Waals surface area contributed by atoms with Gasteiger partial charge in [-0.05, 0) is 6.92 Å². The third-order valence-electron chi connectivity index (χ3n) is 1.35. The van der Waals surface area contributed by atoms with E-state index in [9.17, 15) is 8.78 Å². The van der Waals surface area contributed by atoms with E-state index in [0.29, 0.717) is 5.01 Å². The quantitative estimate of drug-likeness (QED) is 0.780. The van der Waals surface area contributed by atoms with Gasteiger partial charge < -0.3 is 5.73 Å². The molecule has 0 amide bonds. The Hall–Kier alpha value is -0.550. The molecule has 1 heterocycles. The first-order valence-electron chi connectivity index (χ1n) is 3.51. The Labute approximate surface area is 73.4 Å². The van der Waals surface area contributed by atoms with Crippen molar-refractivity contribution in [3.8, 4) is 0 Å². The van der Waals surface area contributed by atoms with Crippen molar-refractivity contribution < 1.29 is 8.78 Å². The van der Waals surface area contributed by atoms with Crippen LogP contribution in [0.15, 0.2) is 6.20 Å². The summed E-state index contributed by atoms with van der Waals surface area (Å²) in [5.74, 6) is -2.80. The molecule has 1 aromatic heterocycles. The van der Waals surface area contributed by atoms with Crippen LogP contribution in [0, 0.1) is 0 Å². The van der Waals surface area contributed by atoms with Gasteiger partial charge in [-0.2, -0.15) is 0 Å². The second-order valence-electron chi connectivity index (χ2n) is 2.74. The third-order valence-corrected chi connectivity index (χ3v) is 2.72. The van der Waals surface area contributed by atoms with Crippen molar-refractivity contribution in [2.45, 2.75) is 25.8 Å². The van der Waals surface area contributed by atoms with Crippen LogP contribution in [0.25, 0.3) is 0 Å². The fourth-order valence-corrected chi connectivity index (χ4v) is 1.50. The monoisotopic (exact) mass is 192 g/mol. The zero-order chi connectivity index (χ0) is 9.35. The van der Waals surface area contributed by atoms with E-state index >= 15 is 0 Å². The van der Waals surface area contributed by atoms with Gasteiger partial charge >= 0.3 is 0 Å². The molecule has 5 heteroatoms. The highest BCUT2D eigenvalue weighted by molar-refractivity contribution is 7.11. The van der Waals surface area contributed by atoms with Gasteiger partial charge in [0, 0.05) is 13.1 Å². The maximum Gasteiger partial charge on any atom is 0.281 e. The standard InChI is InChI=1S/C7H10F2N2S/c1-4(10)6-11-3-5(12-6)7(2,8)9/h3-4H,10H2,1-2H3. The SMILES string of the molecule is CC(N)c1ncc(C(C)(F)F)s1. The maximum atomic E-state index is 12.7. The second-order valence-corrected chi connectivity index (χ2v) is 3.80. The minimum absolute atomic E-state index is 0.0326. The number of halogens is 2. The summed E-state index contributed by atoms with van der Waals surface area (Å²) in [5.41, 5.74) is 5.47. The lowest BCUT2D eigenvalue weighted by molar-refractivity contribution is 0.0213. The predicted molar refractivity (Wildman–Crippen MR) is 44.3 cm³/mol. The second kappa shape index (κ2) is 3.06. The van der Waals surface area contributed by atoms with E-state index in [1.807, 2.05) is 0 Å². The van der Waals surface area contributed by atoms with Crippen molar-refractivity contribution in [3.63, 3.8) is 0 Å². The van der Waals surface area contributed by atoms with Crippen LogP contribution in [0.3, 0.4) is 0 Å². The number of nitrogens with zero attached hydrogens (tertiary/aromatic N) is 1. The largest absolute Gasteiger partial charge is 0.322 e. The first kappa shape index (κ1) is 9.54. The molecule has 0 aliphatic carbocycles. The van der Waals surface area contributed by atoms with Gasteiger partial charge in [-0.15, -0.1) is 11.3 Å². The highest BCUT2D eigenvalue weighted by atomic mass is 32.1. The molecule has 0 saturated carbocycles. The Morgan fingerprint density at radius 2 is 2.25 bits per heavy atom. The fraction of sp³-hybridized carbons (Fsp3) is 0.571. The van der Waals surface area contributed by atoms with Crippen LogP contribution in [0.4, 0.5) is 8.78 Å². The van der Waals surface area contributed by atoms with Crippen molar-refractivity contribution in [3.05, 3.63) is 16.1 Å². The van der Waals surface area contributed by atoms with E-state index in [0.717, 1.165) is 18.3 Å². The lowest BCUT2D eigenvalue weighted by Gasteiger charge is -2.04. The van der Waals surface area contributed by atoms with Gasteiger partial charge in [0.05, 0.1) is 10.9 Å².